The monoisotopic (exact) mass is 219 g/mol. The zero-order valence-electron chi connectivity index (χ0n) is 8.74. The van der Waals surface area contributed by atoms with Crippen LogP contribution in [0.3, 0.4) is 0 Å². The first-order chi connectivity index (χ1) is 6.57. The lowest BCUT2D eigenvalue weighted by atomic mass is 10.1. The van der Waals surface area contributed by atoms with Crippen molar-refractivity contribution < 1.29 is 9.90 Å². The number of alkyl halides is 1. The molecular weight excluding hydrogens is 202 g/mol. The largest absolute Gasteiger partial charge is 0.391 e. The Hall–Kier alpha value is -0.280. The van der Waals surface area contributed by atoms with Crippen LogP contribution in [-0.4, -0.2) is 40.0 Å². The lowest BCUT2D eigenvalue weighted by Crippen LogP contribution is -2.44. The van der Waals surface area contributed by atoms with Gasteiger partial charge in [0, 0.05) is 6.54 Å². The fraction of sp³-hybridized carbons (Fsp3) is 0.900. The number of amides is 1. The Morgan fingerprint density at radius 1 is 1.71 bits per heavy atom. The molecule has 1 aliphatic rings. The molecule has 3 atom stereocenters. The Bertz CT molecular complexity index is 208. The molecule has 14 heavy (non-hydrogen) atoms. The van der Waals surface area contributed by atoms with Crippen LogP contribution >= 0.6 is 11.6 Å². The van der Waals surface area contributed by atoms with E-state index in [-0.39, 0.29) is 11.9 Å². The lowest BCUT2D eigenvalue weighted by molar-refractivity contribution is -0.133. The van der Waals surface area contributed by atoms with E-state index in [1.54, 1.807) is 11.8 Å². The van der Waals surface area contributed by atoms with Crippen molar-refractivity contribution in [3.63, 3.8) is 0 Å². The molecule has 3 nitrogen and oxygen atoms in total. The molecule has 1 N–H and O–H groups in total. The van der Waals surface area contributed by atoms with Gasteiger partial charge in [-0.15, -0.1) is 11.6 Å². The molecular formula is C10H18ClNO2. The smallest absolute Gasteiger partial charge is 0.240 e. The molecule has 1 amide bonds. The summed E-state index contributed by atoms with van der Waals surface area (Å²) < 4.78 is 0. The highest BCUT2D eigenvalue weighted by Crippen LogP contribution is 2.22. The normalized spacial score (nSPS) is 26.3. The fourth-order valence-corrected chi connectivity index (χ4v) is 2.05. The quantitative estimate of drug-likeness (QED) is 0.729. The molecule has 0 aromatic rings. The third kappa shape index (κ3) is 2.39. The van der Waals surface area contributed by atoms with Crippen LogP contribution in [0.4, 0.5) is 0 Å². The first kappa shape index (κ1) is 11.8. The molecule has 0 unspecified atom stereocenters. The SMILES string of the molecule is CC[C@H](Cl)C(=O)N1CCC[C@@H]1[C@H](C)O. The van der Waals surface area contributed by atoms with Crippen LogP contribution in [-0.2, 0) is 4.79 Å². The molecule has 1 fully saturated rings. The summed E-state index contributed by atoms with van der Waals surface area (Å²) >= 11 is 5.89. The van der Waals surface area contributed by atoms with E-state index in [2.05, 4.69) is 0 Å². The first-order valence-electron chi connectivity index (χ1n) is 5.20. The van der Waals surface area contributed by atoms with Gasteiger partial charge in [0.15, 0.2) is 0 Å². The maximum atomic E-state index is 11.8. The number of hydrogen-bond donors (Lipinski definition) is 1. The number of carbonyl (C=O) groups excluding carboxylic acids is 1. The average Bonchev–Trinajstić information content (AvgIpc) is 2.63. The molecule has 82 valence electrons. The predicted molar refractivity (Wildman–Crippen MR) is 56.3 cm³/mol. The third-order valence-corrected chi connectivity index (χ3v) is 3.26. The number of likely N-dealkylation sites (tertiary alicyclic amines) is 1. The fourth-order valence-electron chi connectivity index (χ4n) is 1.92. The molecule has 0 saturated carbocycles. The molecule has 1 heterocycles. The van der Waals surface area contributed by atoms with Gasteiger partial charge in [-0.1, -0.05) is 6.92 Å². The van der Waals surface area contributed by atoms with Crippen molar-refractivity contribution in [2.45, 2.75) is 50.6 Å². The summed E-state index contributed by atoms with van der Waals surface area (Å²) in [5, 5.41) is 9.05. The summed E-state index contributed by atoms with van der Waals surface area (Å²) in [6.07, 6.45) is 2.04. The van der Waals surface area contributed by atoms with Gasteiger partial charge in [0.1, 0.15) is 5.38 Å². The van der Waals surface area contributed by atoms with Gasteiger partial charge >= 0.3 is 0 Å². The van der Waals surface area contributed by atoms with Gasteiger partial charge in [0.05, 0.1) is 12.1 Å². The molecule has 1 rings (SSSR count). The highest BCUT2D eigenvalue weighted by Gasteiger charge is 2.33. The number of halogens is 1. The minimum absolute atomic E-state index is 0.0300. The van der Waals surface area contributed by atoms with Crippen LogP contribution in [0.5, 0.6) is 0 Å². The highest BCUT2D eigenvalue weighted by molar-refractivity contribution is 6.30. The van der Waals surface area contributed by atoms with Gasteiger partial charge in [-0.05, 0) is 26.2 Å². The molecule has 1 aliphatic heterocycles. The van der Waals surface area contributed by atoms with E-state index in [0.29, 0.717) is 6.42 Å². The Morgan fingerprint density at radius 2 is 2.36 bits per heavy atom. The van der Waals surface area contributed by atoms with Gasteiger partial charge in [0.25, 0.3) is 0 Å². The maximum absolute atomic E-state index is 11.8. The molecule has 1 saturated heterocycles. The molecule has 0 aromatic heterocycles. The molecule has 0 aliphatic carbocycles. The summed E-state index contributed by atoms with van der Waals surface area (Å²) in [5.41, 5.74) is 0. The second kappa shape index (κ2) is 4.99. The van der Waals surface area contributed by atoms with Crippen molar-refractivity contribution in [1.82, 2.24) is 4.90 Å². The van der Waals surface area contributed by atoms with Crippen molar-refractivity contribution in [2.24, 2.45) is 0 Å². The van der Waals surface area contributed by atoms with Crippen LogP contribution in [0.25, 0.3) is 0 Å². The second-order valence-corrected chi connectivity index (χ2v) is 4.38. The number of rotatable bonds is 3. The molecule has 0 spiro atoms. The standard InChI is InChI=1S/C10H18ClNO2/c1-3-8(11)10(14)12-6-4-5-9(12)7(2)13/h7-9,13H,3-6H2,1-2H3/t7-,8-,9+/m0/s1. The van der Waals surface area contributed by atoms with E-state index in [4.69, 9.17) is 11.6 Å². The summed E-state index contributed by atoms with van der Waals surface area (Å²) in [5.74, 6) is -0.0300. The van der Waals surface area contributed by atoms with Crippen molar-refractivity contribution >= 4 is 17.5 Å². The third-order valence-electron chi connectivity index (χ3n) is 2.77. The van der Waals surface area contributed by atoms with E-state index in [1.807, 2.05) is 6.92 Å². The van der Waals surface area contributed by atoms with Crippen molar-refractivity contribution in [1.29, 1.82) is 0 Å². The van der Waals surface area contributed by atoms with E-state index >= 15 is 0 Å². The van der Waals surface area contributed by atoms with Crippen LogP contribution in [0.15, 0.2) is 0 Å². The van der Waals surface area contributed by atoms with E-state index in [1.165, 1.54) is 0 Å². The Morgan fingerprint density at radius 3 is 2.86 bits per heavy atom. The minimum atomic E-state index is -0.456. The second-order valence-electron chi connectivity index (χ2n) is 3.86. The summed E-state index contributed by atoms with van der Waals surface area (Å²) in [6.45, 7) is 4.35. The van der Waals surface area contributed by atoms with Gasteiger partial charge in [-0.3, -0.25) is 4.79 Å². The molecule has 0 aromatic carbocycles. The first-order valence-corrected chi connectivity index (χ1v) is 5.64. The Kier molecular flexibility index (Phi) is 4.20. The van der Waals surface area contributed by atoms with Crippen LogP contribution in [0.2, 0.25) is 0 Å². The number of aliphatic hydroxyl groups is 1. The topological polar surface area (TPSA) is 40.5 Å². The van der Waals surface area contributed by atoms with Gasteiger partial charge in [0.2, 0.25) is 5.91 Å². The summed E-state index contributed by atoms with van der Waals surface area (Å²) in [6, 6.07) is -0.0321. The van der Waals surface area contributed by atoms with Crippen molar-refractivity contribution in [3.05, 3.63) is 0 Å². The summed E-state index contributed by atoms with van der Waals surface area (Å²) in [7, 11) is 0. The van der Waals surface area contributed by atoms with E-state index < -0.39 is 11.5 Å². The van der Waals surface area contributed by atoms with Gasteiger partial charge in [-0.25, -0.2) is 0 Å². The van der Waals surface area contributed by atoms with Crippen LogP contribution in [0.1, 0.15) is 33.1 Å². The number of hydrogen-bond acceptors (Lipinski definition) is 2. The molecule has 0 radical (unpaired) electrons. The van der Waals surface area contributed by atoms with Crippen LogP contribution < -0.4 is 0 Å². The zero-order chi connectivity index (χ0) is 10.7. The minimum Gasteiger partial charge on any atom is -0.391 e. The van der Waals surface area contributed by atoms with Crippen molar-refractivity contribution in [2.75, 3.05) is 6.54 Å². The highest BCUT2D eigenvalue weighted by atomic mass is 35.5. The number of aliphatic hydroxyl groups excluding tert-OH is 1. The van der Waals surface area contributed by atoms with E-state index in [9.17, 15) is 9.90 Å². The lowest BCUT2D eigenvalue weighted by Gasteiger charge is -2.28. The van der Waals surface area contributed by atoms with Gasteiger partial charge in [-0.2, -0.15) is 0 Å². The number of nitrogens with zero attached hydrogens (tertiary/aromatic N) is 1. The molecule has 4 heteroatoms. The van der Waals surface area contributed by atoms with Gasteiger partial charge < -0.3 is 10.0 Å². The Labute approximate surface area is 90.0 Å². The zero-order valence-corrected chi connectivity index (χ0v) is 9.50. The van der Waals surface area contributed by atoms with Crippen molar-refractivity contribution in [3.8, 4) is 0 Å². The van der Waals surface area contributed by atoms with E-state index in [0.717, 1.165) is 19.4 Å². The number of carbonyl (C=O) groups is 1. The van der Waals surface area contributed by atoms with Crippen LogP contribution in [0, 0.1) is 0 Å². The maximum Gasteiger partial charge on any atom is 0.240 e. The molecule has 0 bridgehead atoms. The average molecular weight is 220 g/mol. The Balaban J connectivity index is 2.62. The summed E-state index contributed by atoms with van der Waals surface area (Å²) in [4.78, 5) is 13.5. The predicted octanol–water partition coefficient (Wildman–Crippen LogP) is 1.38.